The summed E-state index contributed by atoms with van der Waals surface area (Å²) in [7, 11) is 0. The quantitative estimate of drug-likeness (QED) is 0.676. The second-order valence-corrected chi connectivity index (χ2v) is 6.20. The van der Waals surface area contributed by atoms with E-state index in [0.29, 0.717) is 6.10 Å². The Labute approximate surface area is 93.6 Å². The first-order valence-corrected chi connectivity index (χ1v) is 6.84. The summed E-state index contributed by atoms with van der Waals surface area (Å²) in [6.45, 7) is 8.00. The van der Waals surface area contributed by atoms with E-state index < -0.39 is 0 Å². The Morgan fingerprint density at radius 1 is 1.07 bits per heavy atom. The van der Waals surface area contributed by atoms with Gasteiger partial charge in [0.25, 0.3) is 0 Å². The summed E-state index contributed by atoms with van der Waals surface area (Å²) in [6.07, 6.45) is 4.98. The van der Waals surface area contributed by atoms with Gasteiger partial charge in [-0.3, -0.25) is 0 Å². The third-order valence-electron chi connectivity index (χ3n) is 5.71. The third-order valence-corrected chi connectivity index (χ3v) is 5.71. The van der Waals surface area contributed by atoms with E-state index in [1.807, 2.05) is 0 Å². The highest BCUT2D eigenvalue weighted by molar-refractivity contribution is 5.06. The summed E-state index contributed by atoms with van der Waals surface area (Å²) in [5.74, 6) is 5.93. The lowest BCUT2D eigenvalue weighted by Crippen LogP contribution is -2.32. The lowest BCUT2D eigenvalue weighted by atomic mass is 9.76. The van der Waals surface area contributed by atoms with Gasteiger partial charge in [0.1, 0.15) is 0 Å². The first kappa shape index (κ1) is 10.1. The molecule has 3 aliphatic rings. The number of hydrogen-bond donors (Lipinski definition) is 0. The van der Waals surface area contributed by atoms with Gasteiger partial charge in [0, 0.05) is 6.61 Å². The molecule has 0 aromatic heterocycles. The molecular formula is C14H24O. The Morgan fingerprint density at radius 3 is 2.60 bits per heavy atom. The SMILES string of the molecule is CCOC1CC2CC1C1C(C)C(C)CC21. The zero-order chi connectivity index (χ0) is 10.6. The summed E-state index contributed by atoms with van der Waals surface area (Å²) in [5, 5.41) is 0. The summed E-state index contributed by atoms with van der Waals surface area (Å²) in [6, 6.07) is 0. The minimum absolute atomic E-state index is 0.619. The van der Waals surface area contributed by atoms with E-state index in [9.17, 15) is 0 Å². The van der Waals surface area contributed by atoms with Crippen LogP contribution in [0.5, 0.6) is 0 Å². The molecule has 3 aliphatic carbocycles. The van der Waals surface area contributed by atoms with Crippen LogP contribution in [0.4, 0.5) is 0 Å². The molecule has 3 saturated carbocycles. The van der Waals surface area contributed by atoms with E-state index in [2.05, 4.69) is 20.8 Å². The van der Waals surface area contributed by atoms with Crippen molar-refractivity contribution in [3.8, 4) is 0 Å². The first-order valence-electron chi connectivity index (χ1n) is 6.84. The van der Waals surface area contributed by atoms with Crippen molar-refractivity contribution in [1.29, 1.82) is 0 Å². The Balaban J connectivity index is 1.78. The molecule has 3 rings (SSSR count). The maximum atomic E-state index is 5.93. The van der Waals surface area contributed by atoms with Crippen molar-refractivity contribution >= 4 is 0 Å². The zero-order valence-corrected chi connectivity index (χ0v) is 10.3. The third kappa shape index (κ3) is 1.32. The smallest absolute Gasteiger partial charge is 0.0608 e. The van der Waals surface area contributed by atoms with Gasteiger partial charge in [-0.05, 0) is 61.7 Å². The Morgan fingerprint density at radius 2 is 1.87 bits per heavy atom. The highest BCUT2D eigenvalue weighted by Gasteiger charge is 2.58. The van der Waals surface area contributed by atoms with Gasteiger partial charge < -0.3 is 4.74 Å². The van der Waals surface area contributed by atoms with Crippen LogP contribution in [-0.4, -0.2) is 12.7 Å². The highest BCUT2D eigenvalue weighted by atomic mass is 16.5. The molecule has 0 spiro atoms. The van der Waals surface area contributed by atoms with Crippen LogP contribution in [0.2, 0.25) is 0 Å². The molecule has 7 atom stereocenters. The molecule has 86 valence electrons. The number of ether oxygens (including phenoxy) is 1. The Hall–Kier alpha value is -0.0400. The van der Waals surface area contributed by atoms with Gasteiger partial charge in [-0.25, -0.2) is 0 Å². The van der Waals surface area contributed by atoms with Gasteiger partial charge >= 0.3 is 0 Å². The average molecular weight is 208 g/mol. The van der Waals surface area contributed by atoms with Crippen molar-refractivity contribution in [2.45, 2.75) is 46.1 Å². The molecule has 15 heavy (non-hydrogen) atoms. The minimum Gasteiger partial charge on any atom is -0.378 e. The van der Waals surface area contributed by atoms with Gasteiger partial charge in [0.2, 0.25) is 0 Å². The fourth-order valence-electron chi connectivity index (χ4n) is 5.02. The average Bonchev–Trinajstić information content (AvgIpc) is 2.81. The van der Waals surface area contributed by atoms with Gasteiger partial charge in [-0.15, -0.1) is 0 Å². The van der Waals surface area contributed by atoms with Crippen LogP contribution in [0.25, 0.3) is 0 Å². The van der Waals surface area contributed by atoms with Crippen LogP contribution < -0.4 is 0 Å². The monoisotopic (exact) mass is 208 g/mol. The maximum absolute atomic E-state index is 5.93. The molecule has 0 aromatic rings. The van der Waals surface area contributed by atoms with Crippen LogP contribution in [0.3, 0.4) is 0 Å². The summed E-state index contributed by atoms with van der Waals surface area (Å²) < 4.78 is 5.93. The van der Waals surface area contributed by atoms with Crippen molar-refractivity contribution in [3.63, 3.8) is 0 Å². The van der Waals surface area contributed by atoms with Crippen molar-refractivity contribution in [3.05, 3.63) is 0 Å². The van der Waals surface area contributed by atoms with Gasteiger partial charge in [-0.1, -0.05) is 13.8 Å². The molecule has 0 N–H and O–H groups in total. The Kier molecular flexibility index (Phi) is 2.35. The molecule has 0 amide bonds. The molecule has 2 bridgehead atoms. The molecule has 0 radical (unpaired) electrons. The largest absolute Gasteiger partial charge is 0.378 e. The normalized spacial score (nSPS) is 57.4. The number of hydrogen-bond acceptors (Lipinski definition) is 1. The van der Waals surface area contributed by atoms with Gasteiger partial charge in [-0.2, -0.15) is 0 Å². The van der Waals surface area contributed by atoms with E-state index in [1.165, 1.54) is 19.3 Å². The van der Waals surface area contributed by atoms with E-state index in [4.69, 9.17) is 4.74 Å². The van der Waals surface area contributed by atoms with Gasteiger partial charge in [0.05, 0.1) is 6.10 Å². The van der Waals surface area contributed by atoms with Gasteiger partial charge in [0.15, 0.2) is 0 Å². The second kappa shape index (κ2) is 3.48. The maximum Gasteiger partial charge on any atom is 0.0608 e. The fourth-order valence-corrected chi connectivity index (χ4v) is 5.02. The Bertz CT molecular complexity index is 248. The summed E-state index contributed by atoms with van der Waals surface area (Å²) in [5.41, 5.74) is 0. The summed E-state index contributed by atoms with van der Waals surface area (Å²) >= 11 is 0. The molecular weight excluding hydrogens is 184 g/mol. The van der Waals surface area contributed by atoms with Crippen LogP contribution in [0.15, 0.2) is 0 Å². The van der Waals surface area contributed by atoms with E-state index >= 15 is 0 Å². The van der Waals surface area contributed by atoms with Crippen molar-refractivity contribution in [1.82, 2.24) is 0 Å². The first-order chi connectivity index (χ1) is 7.22. The van der Waals surface area contributed by atoms with Crippen LogP contribution in [-0.2, 0) is 4.74 Å². The van der Waals surface area contributed by atoms with E-state index in [0.717, 1.165) is 42.1 Å². The number of rotatable bonds is 2. The lowest BCUT2D eigenvalue weighted by molar-refractivity contribution is -0.0117. The van der Waals surface area contributed by atoms with E-state index in [-0.39, 0.29) is 0 Å². The predicted octanol–water partition coefficient (Wildman–Crippen LogP) is 3.34. The molecule has 0 heterocycles. The van der Waals surface area contributed by atoms with Crippen LogP contribution in [0, 0.1) is 35.5 Å². The molecule has 3 fully saturated rings. The van der Waals surface area contributed by atoms with Crippen molar-refractivity contribution in [2.24, 2.45) is 35.5 Å². The van der Waals surface area contributed by atoms with Crippen LogP contribution in [0.1, 0.15) is 40.0 Å². The molecule has 0 aliphatic heterocycles. The second-order valence-electron chi connectivity index (χ2n) is 6.20. The fraction of sp³-hybridized carbons (Fsp3) is 1.00. The standard InChI is InChI=1S/C14H24O/c1-4-15-13-7-10-6-12(13)14-9(3)8(2)5-11(10)14/h8-14H,4-7H2,1-3H3. The predicted molar refractivity (Wildman–Crippen MR) is 61.6 cm³/mol. The lowest BCUT2D eigenvalue weighted by Gasteiger charge is -2.33. The minimum atomic E-state index is 0.619. The molecule has 0 saturated heterocycles. The highest BCUT2D eigenvalue weighted by Crippen LogP contribution is 2.62. The van der Waals surface area contributed by atoms with Crippen LogP contribution >= 0.6 is 0 Å². The zero-order valence-electron chi connectivity index (χ0n) is 10.3. The van der Waals surface area contributed by atoms with Crippen molar-refractivity contribution in [2.75, 3.05) is 6.61 Å². The topological polar surface area (TPSA) is 9.23 Å². The van der Waals surface area contributed by atoms with Crippen molar-refractivity contribution < 1.29 is 4.74 Å². The molecule has 1 heteroatoms. The molecule has 7 unspecified atom stereocenters. The molecule has 1 nitrogen and oxygen atoms in total. The van der Waals surface area contributed by atoms with E-state index in [1.54, 1.807) is 0 Å². The number of fused-ring (bicyclic) bond motifs is 5. The molecule has 0 aromatic carbocycles. The summed E-state index contributed by atoms with van der Waals surface area (Å²) in [4.78, 5) is 0.